The lowest BCUT2D eigenvalue weighted by atomic mass is 10.3. The summed E-state index contributed by atoms with van der Waals surface area (Å²) in [5.74, 6) is -0.723. The van der Waals surface area contributed by atoms with Gasteiger partial charge in [0, 0.05) is 24.9 Å². The second-order valence-electron chi connectivity index (χ2n) is 6.55. The Kier molecular flexibility index (Phi) is 6.50. The fourth-order valence-electron chi connectivity index (χ4n) is 2.83. The number of nitrogens with zero attached hydrogens (tertiary/aromatic N) is 1. The number of anilines is 1. The van der Waals surface area contributed by atoms with Crippen LogP contribution in [-0.4, -0.2) is 43.8 Å². The Morgan fingerprint density at radius 2 is 1.86 bits per heavy atom. The third kappa shape index (κ3) is 5.33. The van der Waals surface area contributed by atoms with E-state index in [4.69, 9.17) is 9.15 Å². The van der Waals surface area contributed by atoms with Crippen LogP contribution in [0.15, 0.2) is 58.1 Å². The molecule has 1 aromatic carbocycles. The first-order chi connectivity index (χ1) is 13.9. The molecule has 8 nitrogen and oxygen atoms in total. The predicted octanol–water partition coefficient (Wildman–Crippen LogP) is 2.65. The number of hydrogen-bond acceptors (Lipinski definition) is 6. The number of hydrogen-bond donors (Lipinski definition) is 1. The van der Waals surface area contributed by atoms with E-state index in [-0.39, 0.29) is 4.90 Å². The maximum Gasteiger partial charge on any atom is 0.331 e. The number of sulfonamides is 1. The molecule has 0 unspecified atom stereocenters. The Morgan fingerprint density at radius 3 is 2.48 bits per heavy atom. The number of amides is 1. The van der Waals surface area contributed by atoms with E-state index in [1.54, 1.807) is 12.1 Å². The van der Waals surface area contributed by atoms with Crippen LogP contribution in [0, 0.1) is 0 Å². The molecule has 0 aliphatic carbocycles. The molecule has 0 radical (unpaired) electrons. The van der Waals surface area contributed by atoms with Gasteiger partial charge in [-0.3, -0.25) is 4.79 Å². The van der Waals surface area contributed by atoms with Crippen LogP contribution in [0.5, 0.6) is 0 Å². The van der Waals surface area contributed by atoms with Crippen LogP contribution in [0.3, 0.4) is 0 Å². The monoisotopic (exact) mass is 418 g/mol. The van der Waals surface area contributed by atoms with E-state index >= 15 is 0 Å². The van der Waals surface area contributed by atoms with Gasteiger partial charge in [0.05, 0.1) is 11.2 Å². The number of carbonyl (C=O) groups excluding carboxylic acids is 2. The average molecular weight is 418 g/mol. The van der Waals surface area contributed by atoms with E-state index in [0.717, 1.165) is 12.8 Å². The van der Waals surface area contributed by atoms with E-state index in [1.165, 1.54) is 53.9 Å². The van der Waals surface area contributed by atoms with Gasteiger partial charge in [0.15, 0.2) is 6.10 Å². The van der Waals surface area contributed by atoms with Crippen molar-refractivity contribution in [3.05, 3.63) is 54.5 Å². The van der Waals surface area contributed by atoms with Gasteiger partial charge in [-0.05, 0) is 62.2 Å². The van der Waals surface area contributed by atoms with Gasteiger partial charge in [-0.1, -0.05) is 0 Å². The number of esters is 1. The second kappa shape index (κ2) is 9.06. The van der Waals surface area contributed by atoms with Gasteiger partial charge in [0.25, 0.3) is 5.91 Å². The highest BCUT2D eigenvalue weighted by Gasteiger charge is 2.27. The molecule has 154 valence electrons. The molecule has 0 spiro atoms. The molecule has 0 saturated carbocycles. The largest absolute Gasteiger partial charge is 0.465 e. The summed E-state index contributed by atoms with van der Waals surface area (Å²) in [6, 6.07) is 9.27. The minimum absolute atomic E-state index is 0.180. The average Bonchev–Trinajstić information content (AvgIpc) is 3.41. The maximum atomic E-state index is 12.5. The van der Waals surface area contributed by atoms with E-state index in [1.807, 2.05) is 0 Å². The molecule has 1 N–H and O–H groups in total. The maximum absolute atomic E-state index is 12.5. The molecule has 0 bridgehead atoms. The third-order valence-corrected chi connectivity index (χ3v) is 6.33. The lowest BCUT2D eigenvalue weighted by Gasteiger charge is -2.16. The number of ether oxygens (including phenoxy) is 1. The van der Waals surface area contributed by atoms with E-state index in [9.17, 15) is 18.0 Å². The van der Waals surface area contributed by atoms with Crippen LogP contribution in [-0.2, 0) is 24.3 Å². The lowest BCUT2D eigenvalue weighted by molar-refractivity contribution is -0.148. The van der Waals surface area contributed by atoms with Gasteiger partial charge in [-0.25, -0.2) is 13.2 Å². The summed E-state index contributed by atoms with van der Waals surface area (Å²) in [6.07, 6.45) is 4.77. The first-order valence-corrected chi connectivity index (χ1v) is 10.6. The highest BCUT2D eigenvalue weighted by atomic mass is 32.2. The van der Waals surface area contributed by atoms with Crippen molar-refractivity contribution in [1.82, 2.24) is 4.31 Å². The summed E-state index contributed by atoms with van der Waals surface area (Å²) in [5, 5.41) is 2.60. The molecule has 1 aromatic heterocycles. The highest BCUT2D eigenvalue weighted by molar-refractivity contribution is 7.89. The first kappa shape index (κ1) is 20.8. The van der Waals surface area contributed by atoms with Crippen molar-refractivity contribution in [2.75, 3.05) is 18.4 Å². The van der Waals surface area contributed by atoms with Crippen molar-refractivity contribution in [3.8, 4) is 0 Å². The number of rotatable bonds is 7. The van der Waals surface area contributed by atoms with Gasteiger partial charge >= 0.3 is 5.97 Å². The standard InChI is InChI=1S/C20H22N2O6S/c1-15(28-19(23)11-8-17-5-4-14-27-17)20(24)21-16-6-9-18(10-7-16)29(25,26)22-12-2-3-13-22/h4-11,14-15H,2-3,12-13H2,1H3,(H,21,24)/b11-8+/t15-/m0/s1. The van der Waals surface area contributed by atoms with Crippen LogP contribution < -0.4 is 5.32 Å². The van der Waals surface area contributed by atoms with Crippen LogP contribution in [0.4, 0.5) is 5.69 Å². The smallest absolute Gasteiger partial charge is 0.331 e. The molecule has 2 aromatic rings. The summed E-state index contributed by atoms with van der Waals surface area (Å²) < 4.78 is 36.6. The van der Waals surface area contributed by atoms with Crippen molar-refractivity contribution < 1.29 is 27.2 Å². The summed E-state index contributed by atoms with van der Waals surface area (Å²) in [6.45, 7) is 2.50. The Bertz CT molecular complexity index is 974. The van der Waals surface area contributed by atoms with Crippen molar-refractivity contribution in [2.45, 2.75) is 30.8 Å². The molecule has 29 heavy (non-hydrogen) atoms. The zero-order chi connectivity index (χ0) is 20.9. The predicted molar refractivity (Wildman–Crippen MR) is 106 cm³/mol. The van der Waals surface area contributed by atoms with Crippen molar-refractivity contribution in [2.24, 2.45) is 0 Å². The normalized spacial score (nSPS) is 16.0. The molecular weight excluding hydrogens is 396 g/mol. The van der Waals surface area contributed by atoms with Crippen molar-refractivity contribution in [1.29, 1.82) is 0 Å². The number of benzene rings is 1. The fourth-order valence-corrected chi connectivity index (χ4v) is 4.35. The molecule has 3 rings (SSSR count). The molecule has 1 fully saturated rings. The summed E-state index contributed by atoms with van der Waals surface area (Å²) in [4.78, 5) is 24.2. The van der Waals surface area contributed by atoms with Gasteiger partial charge in [-0.15, -0.1) is 0 Å². The van der Waals surface area contributed by atoms with Gasteiger partial charge < -0.3 is 14.5 Å². The quantitative estimate of drug-likeness (QED) is 0.547. The van der Waals surface area contributed by atoms with Crippen LogP contribution >= 0.6 is 0 Å². The Hall–Kier alpha value is -2.91. The van der Waals surface area contributed by atoms with Crippen LogP contribution in [0.2, 0.25) is 0 Å². The number of furan rings is 1. The lowest BCUT2D eigenvalue weighted by Crippen LogP contribution is -2.29. The Labute approximate surface area is 169 Å². The fraction of sp³-hybridized carbons (Fsp3) is 0.300. The number of carbonyl (C=O) groups is 2. The van der Waals surface area contributed by atoms with Gasteiger partial charge in [0.2, 0.25) is 10.0 Å². The molecule has 9 heteroatoms. The van der Waals surface area contributed by atoms with Crippen LogP contribution in [0.25, 0.3) is 6.08 Å². The number of nitrogens with one attached hydrogen (secondary N) is 1. The van der Waals surface area contributed by atoms with Crippen molar-refractivity contribution >= 4 is 33.7 Å². The van der Waals surface area contributed by atoms with Gasteiger partial charge in [0.1, 0.15) is 5.76 Å². The van der Waals surface area contributed by atoms with E-state index in [2.05, 4.69) is 5.32 Å². The zero-order valence-corrected chi connectivity index (χ0v) is 16.7. The summed E-state index contributed by atoms with van der Waals surface area (Å²) in [5.41, 5.74) is 0.407. The Morgan fingerprint density at radius 1 is 1.17 bits per heavy atom. The topological polar surface area (TPSA) is 106 Å². The van der Waals surface area contributed by atoms with Crippen LogP contribution in [0.1, 0.15) is 25.5 Å². The molecule has 1 saturated heterocycles. The minimum atomic E-state index is -3.51. The molecule has 2 heterocycles. The SMILES string of the molecule is C[C@H](OC(=O)/C=C/c1ccco1)C(=O)Nc1ccc(S(=O)(=O)N2CCCC2)cc1. The van der Waals surface area contributed by atoms with E-state index in [0.29, 0.717) is 24.5 Å². The minimum Gasteiger partial charge on any atom is -0.465 e. The third-order valence-electron chi connectivity index (χ3n) is 4.41. The summed E-state index contributed by atoms with van der Waals surface area (Å²) in [7, 11) is -3.51. The van der Waals surface area contributed by atoms with E-state index < -0.39 is 28.0 Å². The van der Waals surface area contributed by atoms with Gasteiger partial charge in [-0.2, -0.15) is 4.31 Å². The second-order valence-corrected chi connectivity index (χ2v) is 8.49. The molecule has 1 aliphatic rings. The zero-order valence-electron chi connectivity index (χ0n) is 15.9. The molecular formula is C20H22N2O6S. The summed E-state index contributed by atoms with van der Waals surface area (Å²) >= 11 is 0. The Balaban J connectivity index is 1.55. The molecule has 1 aliphatic heterocycles. The first-order valence-electron chi connectivity index (χ1n) is 9.19. The molecule has 1 amide bonds. The van der Waals surface area contributed by atoms with Crippen molar-refractivity contribution in [3.63, 3.8) is 0 Å². The molecule has 1 atom stereocenters. The highest BCUT2D eigenvalue weighted by Crippen LogP contribution is 2.22.